The molecule has 0 bridgehead atoms. The van der Waals surface area contributed by atoms with E-state index in [-0.39, 0.29) is 16.0 Å². The molecule has 0 aromatic heterocycles. The highest BCUT2D eigenvalue weighted by Crippen LogP contribution is 2.47. The molecular formula is C13H15N3O2. The minimum atomic E-state index is -0.387. The lowest BCUT2D eigenvalue weighted by molar-refractivity contribution is -0.384. The average Bonchev–Trinajstić information content (AvgIpc) is 3.10. The number of rotatable bonds is 6. The quantitative estimate of drug-likeness (QED) is 0.616. The third kappa shape index (κ3) is 3.05. The zero-order valence-corrected chi connectivity index (χ0v) is 10.1. The van der Waals surface area contributed by atoms with Gasteiger partial charge in [0.2, 0.25) is 0 Å². The van der Waals surface area contributed by atoms with Crippen LogP contribution in [-0.4, -0.2) is 11.5 Å². The van der Waals surface area contributed by atoms with E-state index in [0.29, 0.717) is 13.0 Å². The van der Waals surface area contributed by atoms with Gasteiger partial charge in [0.1, 0.15) is 0 Å². The first-order chi connectivity index (χ1) is 8.65. The van der Waals surface area contributed by atoms with Gasteiger partial charge in [0.25, 0.3) is 5.69 Å². The molecule has 2 rings (SSSR count). The van der Waals surface area contributed by atoms with Crippen LogP contribution in [0, 0.1) is 26.9 Å². The van der Waals surface area contributed by atoms with Crippen LogP contribution in [0.15, 0.2) is 24.3 Å². The Bertz CT molecular complexity index is 489. The Labute approximate surface area is 106 Å². The molecule has 1 fully saturated rings. The number of nitrogens with zero attached hydrogens (tertiary/aromatic N) is 2. The molecule has 0 radical (unpaired) electrons. The second-order valence-corrected chi connectivity index (χ2v) is 4.87. The van der Waals surface area contributed by atoms with Gasteiger partial charge in [0.15, 0.2) is 0 Å². The Kier molecular flexibility index (Phi) is 3.58. The first-order valence-electron chi connectivity index (χ1n) is 5.96. The molecule has 0 unspecified atom stereocenters. The third-order valence-electron chi connectivity index (χ3n) is 3.36. The van der Waals surface area contributed by atoms with Crippen molar-refractivity contribution in [1.82, 2.24) is 5.32 Å². The van der Waals surface area contributed by atoms with Crippen LogP contribution >= 0.6 is 0 Å². The molecule has 1 aromatic carbocycles. The van der Waals surface area contributed by atoms with Crippen molar-refractivity contribution in [3.05, 3.63) is 39.9 Å². The van der Waals surface area contributed by atoms with Crippen LogP contribution in [0.5, 0.6) is 0 Å². The van der Waals surface area contributed by atoms with Crippen molar-refractivity contribution in [2.75, 3.05) is 6.54 Å². The van der Waals surface area contributed by atoms with Gasteiger partial charge in [-0.05, 0) is 23.8 Å². The van der Waals surface area contributed by atoms with Crippen molar-refractivity contribution in [2.45, 2.75) is 25.8 Å². The van der Waals surface area contributed by atoms with Gasteiger partial charge in [-0.3, -0.25) is 10.1 Å². The predicted octanol–water partition coefficient (Wildman–Crippen LogP) is 2.38. The maximum absolute atomic E-state index is 10.6. The largest absolute Gasteiger partial charge is 0.312 e. The van der Waals surface area contributed by atoms with Crippen molar-refractivity contribution in [3.8, 4) is 6.07 Å². The Morgan fingerprint density at radius 1 is 1.50 bits per heavy atom. The maximum atomic E-state index is 10.6. The van der Waals surface area contributed by atoms with Gasteiger partial charge in [-0.15, -0.1) is 0 Å². The highest BCUT2D eigenvalue weighted by Gasteiger charge is 2.41. The van der Waals surface area contributed by atoms with Crippen LogP contribution in [-0.2, 0) is 6.54 Å². The molecule has 0 heterocycles. The third-order valence-corrected chi connectivity index (χ3v) is 3.36. The van der Waals surface area contributed by atoms with E-state index in [4.69, 9.17) is 5.26 Å². The molecule has 5 heteroatoms. The van der Waals surface area contributed by atoms with Crippen LogP contribution in [0.1, 0.15) is 24.8 Å². The van der Waals surface area contributed by atoms with Crippen LogP contribution in [0.25, 0.3) is 0 Å². The van der Waals surface area contributed by atoms with E-state index in [1.54, 1.807) is 12.1 Å². The highest BCUT2D eigenvalue weighted by molar-refractivity contribution is 5.34. The maximum Gasteiger partial charge on any atom is 0.269 e. The van der Waals surface area contributed by atoms with Gasteiger partial charge < -0.3 is 5.32 Å². The van der Waals surface area contributed by atoms with Gasteiger partial charge in [-0.25, -0.2) is 0 Å². The van der Waals surface area contributed by atoms with E-state index in [0.717, 1.165) is 24.9 Å². The Hall–Kier alpha value is -1.93. The van der Waals surface area contributed by atoms with E-state index >= 15 is 0 Å². The minimum absolute atomic E-state index is 0.118. The summed E-state index contributed by atoms with van der Waals surface area (Å²) in [6.45, 7) is 1.41. The van der Waals surface area contributed by atoms with Crippen LogP contribution in [0.3, 0.4) is 0 Å². The Balaban J connectivity index is 1.85. The SMILES string of the molecule is N#CCC1(CNCc2cccc([N+](=O)[O-])c2)CC1. The normalized spacial score (nSPS) is 15.9. The van der Waals surface area contributed by atoms with Gasteiger partial charge in [0.05, 0.1) is 11.0 Å². The number of benzene rings is 1. The number of nitriles is 1. The minimum Gasteiger partial charge on any atom is -0.312 e. The molecule has 1 N–H and O–H groups in total. The molecule has 0 spiro atoms. The van der Waals surface area contributed by atoms with E-state index in [9.17, 15) is 10.1 Å². The fraction of sp³-hybridized carbons (Fsp3) is 0.462. The highest BCUT2D eigenvalue weighted by atomic mass is 16.6. The van der Waals surface area contributed by atoms with E-state index in [1.807, 2.05) is 6.07 Å². The lowest BCUT2D eigenvalue weighted by atomic mass is 10.0. The number of nitro benzene ring substituents is 1. The Morgan fingerprint density at radius 2 is 2.28 bits per heavy atom. The van der Waals surface area contributed by atoms with Crippen molar-refractivity contribution >= 4 is 5.69 Å². The fourth-order valence-electron chi connectivity index (χ4n) is 2.01. The number of nitrogens with one attached hydrogen (secondary N) is 1. The summed E-state index contributed by atoms with van der Waals surface area (Å²) in [4.78, 5) is 10.2. The number of nitro groups is 1. The van der Waals surface area contributed by atoms with E-state index in [1.165, 1.54) is 6.07 Å². The summed E-state index contributed by atoms with van der Waals surface area (Å²) in [5, 5.41) is 22.6. The van der Waals surface area contributed by atoms with E-state index in [2.05, 4.69) is 11.4 Å². The molecule has 1 saturated carbocycles. The summed E-state index contributed by atoms with van der Waals surface area (Å²) in [7, 11) is 0. The van der Waals surface area contributed by atoms with Gasteiger partial charge >= 0.3 is 0 Å². The summed E-state index contributed by atoms with van der Waals surface area (Å²) in [5.41, 5.74) is 1.18. The number of hydrogen-bond donors (Lipinski definition) is 1. The standard InChI is InChI=1S/C13H15N3O2/c14-7-6-13(4-5-13)10-15-9-11-2-1-3-12(8-11)16(17)18/h1-3,8,15H,4-6,9-10H2. The second-order valence-electron chi connectivity index (χ2n) is 4.87. The number of hydrogen-bond acceptors (Lipinski definition) is 4. The molecule has 0 atom stereocenters. The van der Waals surface area contributed by atoms with Crippen LogP contribution in [0.2, 0.25) is 0 Å². The first kappa shape index (κ1) is 12.5. The van der Waals surface area contributed by atoms with Crippen LogP contribution in [0.4, 0.5) is 5.69 Å². The average molecular weight is 245 g/mol. The van der Waals surface area contributed by atoms with Crippen molar-refractivity contribution in [3.63, 3.8) is 0 Å². The monoisotopic (exact) mass is 245 g/mol. The lowest BCUT2D eigenvalue weighted by Gasteiger charge is -2.12. The molecule has 1 aliphatic rings. The van der Waals surface area contributed by atoms with Gasteiger partial charge in [-0.1, -0.05) is 12.1 Å². The summed E-state index contributed by atoms with van der Waals surface area (Å²) in [6, 6.07) is 8.84. The van der Waals surface area contributed by atoms with Crippen molar-refractivity contribution in [2.24, 2.45) is 5.41 Å². The molecule has 0 amide bonds. The molecule has 5 nitrogen and oxygen atoms in total. The summed E-state index contributed by atoms with van der Waals surface area (Å²) in [5.74, 6) is 0. The number of non-ortho nitro benzene ring substituents is 1. The van der Waals surface area contributed by atoms with Crippen LogP contribution < -0.4 is 5.32 Å². The summed E-state index contributed by atoms with van der Waals surface area (Å²) < 4.78 is 0. The topological polar surface area (TPSA) is 79.0 Å². The zero-order valence-electron chi connectivity index (χ0n) is 10.1. The molecule has 94 valence electrons. The fourth-order valence-corrected chi connectivity index (χ4v) is 2.01. The smallest absolute Gasteiger partial charge is 0.269 e. The second kappa shape index (κ2) is 5.15. The predicted molar refractivity (Wildman–Crippen MR) is 66.7 cm³/mol. The van der Waals surface area contributed by atoms with Gasteiger partial charge in [-0.2, -0.15) is 5.26 Å². The van der Waals surface area contributed by atoms with E-state index < -0.39 is 0 Å². The summed E-state index contributed by atoms with van der Waals surface area (Å²) in [6.07, 6.45) is 2.79. The molecule has 18 heavy (non-hydrogen) atoms. The van der Waals surface area contributed by atoms with Gasteiger partial charge in [0, 0.05) is 31.6 Å². The zero-order chi connectivity index (χ0) is 13.0. The Morgan fingerprint density at radius 3 is 2.89 bits per heavy atom. The van der Waals surface area contributed by atoms with Crippen molar-refractivity contribution in [1.29, 1.82) is 5.26 Å². The molecule has 1 aliphatic carbocycles. The molecule has 0 saturated heterocycles. The molecule has 1 aromatic rings. The van der Waals surface area contributed by atoms with Crippen molar-refractivity contribution < 1.29 is 4.92 Å². The lowest BCUT2D eigenvalue weighted by Crippen LogP contribution is -2.23. The first-order valence-corrected chi connectivity index (χ1v) is 5.96. The summed E-state index contributed by atoms with van der Waals surface area (Å²) >= 11 is 0. The molecule has 0 aliphatic heterocycles. The molecular weight excluding hydrogens is 230 g/mol.